The van der Waals surface area contributed by atoms with E-state index in [4.69, 9.17) is 0 Å². The van der Waals surface area contributed by atoms with Crippen molar-refractivity contribution in [1.29, 1.82) is 0 Å². The lowest BCUT2D eigenvalue weighted by Crippen LogP contribution is -2.30. The molecule has 0 fully saturated rings. The summed E-state index contributed by atoms with van der Waals surface area (Å²) < 4.78 is 2.93. The van der Waals surface area contributed by atoms with Gasteiger partial charge in [0.25, 0.3) is 0 Å². The summed E-state index contributed by atoms with van der Waals surface area (Å²) >= 11 is 3.58. The molecule has 1 rings (SSSR count). The van der Waals surface area contributed by atoms with Crippen LogP contribution < -0.4 is 0 Å². The van der Waals surface area contributed by atoms with Crippen LogP contribution in [0.15, 0.2) is 4.47 Å². The molecule has 0 bridgehead atoms. The Balaban J connectivity index is 3.01. The summed E-state index contributed by atoms with van der Waals surface area (Å²) in [5.74, 6) is 0. The molecular weight excluding hydrogens is 268 g/mol. The average molecular weight is 289 g/mol. The Morgan fingerprint density at radius 2 is 1.88 bits per heavy atom. The van der Waals surface area contributed by atoms with Crippen LogP contribution in [0.1, 0.15) is 45.0 Å². The topological polar surface area (TPSA) is 38.0 Å². The number of aliphatic hydroxyl groups is 1. The Kier molecular flexibility index (Phi) is 4.56. The van der Waals surface area contributed by atoms with E-state index < -0.39 is 5.60 Å². The number of aryl methyl sites for hydroxylation is 2. The Bertz CT molecular complexity index is 356. The summed E-state index contributed by atoms with van der Waals surface area (Å²) in [6, 6.07) is 0. The number of nitrogens with zero attached hydrogens (tertiary/aromatic N) is 2. The van der Waals surface area contributed by atoms with Crippen molar-refractivity contribution in [2.45, 2.75) is 52.1 Å². The summed E-state index contributed by atoms with van der Waals surface area (Å²) in [5, 5.41) is 14.8. The average Bonchev–Trinajstić information content (AvgIpc) is 2.56. The van der Waals surface area contributed by atoms with Gasteiger partial charge < -0.3 is 5.11 Å². The minimum absolute atomic E-state index is 0.610. The van der Waals surface area contributed by atoms with Crippen molar-refractivity contribution in [2.75, 3.05) is 0 Å². The van der Waals surface area contributed by atoms with Crippen LogP contribution in [-0.2, 0) is 19.9 Å². The van der Waals surface area contributed by atoms with Crippen molar-refractivity contribution in [3.63, 3.8) is 0 Å². The third-order valence-corrected chi connectivity index (χ3v) is 4.23. The van der Waals surface area contributed by atoms with Crippen LogP contribution in [0.5, 0.6) is 0 Å². The Labute approximate surface area is 106 Å². The van der Waals surface area contributed by atoms with Gasteiger partial charge in [0, 0.05) is 13.5 Å². The first-order valence-electron chi connectivity index (χ1n) is 5.90. The molecule has 0 unspecified atom stereocenters. The molecule has 1 aromatic heterocycles. The van der Waals surface area contributed by atoms with Gasteiger partial charge in [0.15, 0.2) is 0 Å². The van der Waals surface area contributed by atoms with Crippen molar-refractivity contribution in [1.82, 2.24) is 9.78 Å². The molecule has 0 aromatic carbocycles. The van der Waals surface area contributed by atoms with E-state index in [0.29, 0.717) is 6.42 Å². The van der Waals surface area contributed by atoms with E-state index in [-0.39, 0.29) is 0 Å². The fourth-order valence-corrected chi connectivity index (χ4v) is 2.58. The summed E-state index contributed by atoms with van der Waals surface area (Å²) in [6.07, 6.45) is 3.10. The molecule has 0 aliphatic carbocycles. The van der Waals surface area contributed by atoms with Crippen molar-refractivity contribution in [3.05, 3.63) is 15.9 Å². The van der Waals surface area contributed by atoms with Gasteiger partial charge in [-0.3, -0.25) is 4.68 Å². The smallest absolute Gasteiger partial charge is 0.0766 e. The molecule has 0 atom stereocenters. The van der Waals surface area contributed by atoms with E-state index >= 15 is 0 Å². The molecule has 0 radical (unpaired) electrons. The highest BCUT2D eigenvalue weighted by Crippen LogP contribution is 2.28. The summed E-state index contributed by atoms with van der Waals surface area (Å²) in [6.45, 7) is 6.13. The summed E-state index contributed by atoms with van der Waals surface area (Å²) in [4.78, 5) is 0. The second-order valence-corrected chi connectivity index (χ2v) is 5.09. The Morgan fingerprint density at radius 3 is 2.25 bits per heavy atom. The van der Waals surface area contributed by atoms with Crippen LogP contribution in [0.25, 0.3) is 0 Å². The van der Waals surface area contributed by atoms with Crippen molar-refractivity contribution >= 4 is 15.9 Å². The predicted molar refractivity (Wildman–Crippen MR) is 69.5 cm³/mol. The van der Waals surface area contributed by atoms with Crippen molar-refractivity contribution in [2.24, 2.45) is 7.05 Å². The summed E-state index contributed by atoms with van der Waals surface area (Å²) in [5.41, 5.74) is 1.54. The van der Waals surface area contributed by atoms with Crippen LogP contribution in [0.4, 0.5) is 0 Å². The molecule has 0 saturated heterocycles. The number of halogens is 1. The lowest BCUT2D eigenvalue weighted by Gasteiger charge is -2.25. The normalized spacial score (nSPS) is 12.1. The zero-order chi connectivity index (χ0) is 12.3. The highest BCUT2D eigenvalue weighted by atomic mass is 79.9. The molecule has 0 aliphatic rings. The SMILES string of the molecule is CCc1nn(C)c(CC(O)(CC)CC)c1Br. The number of aromatic nitrogens is 2. The molecule has 0 spiro atoms. The van der Waals surface area contributed by atoms with Crippen LogP contribution in [-0.4, -0.2) is 20.5 Å². The second-order valence-electron chi connectivity index (χ2n) is 4.29. The van der Waals surface area contributed by atoms with Gasteiger partial charge >= 0.3 is 0 Å². The molecule has 0 aliphatic heterocycles. The molecule has 1 heterocycles. The molecule has 0 amide bonds. The highest BCUT2D eigenvalue weighted by molar-refractivity contribution is 9.10. The van der Waals surface area contributed by atoms with Gasteiger partial charge in [-0.1, -0.05) is 20.8 Å². The number of rotatable bonds is 5. The van der Waals surface area contributed by atoms with Gasteiger partial charge in [0.2, 0.25) is 0 Å². The number of hydrogen-bond donors (Lipinski definition) is 1. The molecule has 1 N–H and O–H groups in total. The number of hydrogen-bond acceptors (Lipinski definition) is 2. The zero-order valence-electron chi connectivity index (χ0n) is 10.5. The first-order valence-corrected chi connectivity index (χ1v) is 6.69. The van der Waals surface area contributed by atoms with Crippen LogP contribution in [0.3, 0.4) is 0 Å². The van der Waals surface area contributed by atoms with Crippen molar-refractivity contribution < 1.29 is 5.11 Å². The van der Waals surface area contributed by atoms with Gasteiger partial charge in [0.1, 0.15) is 0 Å². The third kappa shape index (κ3) is 2.66. The molecule has 16 heavy (non-hydrogen) atoms. The molecule has 1 aromatic rings. The first-order chi connectivity index (χ1) is 7.47. The standard InChI is InChI=1S/C12H21BrN2O/c1-5-9-11(13)10(15(4)14-9)8-12(16,6-2)7-3/h16H,5-8H2,1-4H3. The second kappa shape index (κ2) is 5.32. The molecule has 92 valence electrons. The quantitative estimate of drug-likeness (QED) is 0.905. The van der Waals surface area contributed by atoms with Gasteiger partial charge in [-0.2, -0.15) is 5.10 Å². The van der Waals surface area contributed by atoms with E-state index in [0.717, 1.165) is 35.1 Å². The zero-order valence-corrected chi connectivity index (χ0v) is 12.1. The molecule has 0 saturated carbocycles. The minimum atomic E-state index is -0.610. The van der Waals surface area contributed by atoms with Gasteiger partial charge in [0.05, 0.1) is 21.5 Å². The van der Waals surface area contributed by atoms with Crippen LogP contribution in [0.2, 0.25) is 0 Å². The van der Waals surface area contributed by atoms with E-state index in [1.54, 1.807) is 0 Å². The summed E-state index contributed by atoms with van der Waals surface area (Å²) in [7, 11) is 1.94. The fraction of sp³-hybridized carbons (Fsp3) is 0.750. The lowest BCUT2D eigenvalue weighted by molar-refractivity contribution is 0.0307. The van der Waals surface area contributed by atoms with Gasteiger partial charge in [-0.05, 0) is 35.2 Å². The Morgan fingerprint density at radius 1 is 1.31 bits per heavy atom. The monoisotopic (exact) mass is 288 g/mol. The largest absolute Gasteiger partial charge is 0.390 e. The van der Waals surface area contributed by atoms with E-state index in [1.807, 2.05) is 25.6 Å². The maximum Gasteiger partial charge on any atom is 0.0766 e. The van der Waals surface area contributed by atoms with E-state index in [2.05, 4.69) is 28.0 Å². The Hall–Kier alpha value is -0.350. The van der Waals surface area contributed by atoms with Crippen LogP contribution >= 0.6 is 15.9 Å². The van der Waals surface area contributed by atoms with Crippen LogP contribution in [0, 0.1) is 0 Å². The fourth-order valence-electron chi connectivity index (χ4n) is 1.82. The maximum absolute atomic E-state index is 10.4. The molecule has 3 nitrogen and oxygen atoms in total. The van der Waals surface area contributed by atoms with E-state index in [9.17, 15) is 5.11 Å². The third-order valence-electron chi connectivity index (χ3n) is 3.32. The highest BCUT2D eigenvalue weighted by Gasteiger charge is 2.26. The van der Waals surface area contributed by atoms with Gasteiger partial charge in [-0.15, -0.1) is 0 Å². The van der Waals surface area contributed by atoms with Crippen molar-refractivity contribution in [3.8, 4) is 0 Å². The molecular formula is C12H21BrN2O. The molecule has 4 heteroatoms. The maximum atomic E-state index is 10.4. The van der Waals surface area contributed by atoms with E-state index in [1.165, 1.54) is 0 Å². The lowest BCUT2D eigenvalue weighted by atomic mass is 9.92. The minimum Gasteiger partial charge on any atom is -0.390 e. The predicted octanol–water partition coefficient (Wildman–Crippen LogP) is 2.84. The van der Waals surface area contributed by atoms with Gasteiger partial charge in [-0.25, -0.2) is 0 Å². The first kappa shape index (κ1) is 13.7.